The molecule has 9 rings (SSSR count). The van der Waals surface area contributed by atoms with E-state index in [4.69, 9.17) is 14.7 Å². The molecule has 3 heterocycles. The Morgan fingerprint density at radius 3 is 2.23 bits per heavy atom. The Balaban J connectivity index is 1.46. The molecule has 0 spiro atoms. The van der Waals surface area contributed by atoms with Crippen molar-refractivity contribution in [3.05, 3.63) is 127 Å². The molecule has 186 valence electrons. The molecule has 1 aliphatic rings. The van der Waals surface area contributed by atoms with Crippen molar-refractivity contribution in [2.75, 3.05) is 0 Å². The van der Waals surface area contributed by atoms with Crippen LogP contribution >= 0.6 is 0 Å². The molecule has 0 radical (unpaired) electrons. The van der Waals surface area contributed by atoms with Crippen LogP contribution in [0, 0.1) is 0 Å². The molecule has 0 atom stereocenters. The van der Waals surface area contributed by atoms with E-state index in [0.717, 1.165) is 77.4 Å². The lowest BCUT2D eigenvalue weighted by atomic mass is 9.93. The van der Waals surface area contributed by atoms with E-state index in [9.17, 15) is 0 Å². The Morgan fingerprint density at radius 2 is 1.32 bits per heavy atom. The fourth-order valence-corrected chi connectivity index (χ4v) is 6.29. The first-order valence-electron chi connectivity index (χ1n) is 13.4. The van der Waals surface area contributed by atoms with Crippen LogP contribution in [0.4, 0.5) is 0 Å². The highest BCUT2D eigenvalue weighted by molar-refractivity contribution is 6.18. The van der Waals surface area contributed by atoms with Gasteiger partial charge in [-0.1, -0.05) is 97.1 Å². The smallest absolute Gasteiger partial charge is 0.235 e. The Kier molecular flexibility index (Phi) is 4.30. The first-order chi connectivity index (χ1) is 19.8. The van der Waals surface area contributed by atoms with E-state index >= 15 is 0 Å². The molecule has 4 heteroatoms. The molecule has 2 aromatic heterocycles. The van der Waals surface area contributed by atoms with Crippen LogP contribution in [-0.4, -0.2) is 14.5 Å². The van der Waals surface area contributed by atoms with Crippen LogP contribution < -0.4 is 4.74 Å². The highest BCUT2D eigenvalue weighted by Crippen LogP contribution is 2.51. The van der Waals surface area contributed by atoms with Crippen LogP contribution in [0.1, 0.15) is 0 Å². The number of benzene rings is 6. The lowest BCUT2D eigenvalue weighted by molar-refractivity contribution is 0.487. The second kappa shape index (κ2) is 8.01. The Bertz CT molecular complexity index is 2300. The average Bonchev–Trinajstić information content (AvgIpc) is 3.36. The minimum absolute atomic E-state index is 0.642. The van der Waals surface area contributed by atoms with E-state index in [2.05, 4.69) is 108 Å². The number of aromatic nitrogens is 3. The molecule has 0 fully saturated rings. The molecule has 0 saturated carbocycles. The quantitative estimate of drug-likeness (QED) is 0.232. The van der Waals surface area contributed by atoms with Gasteiger partial charge in [-0.05, 0) is 41.3 Å². The molecule has 8 aromatic rings. The van der Waals surface area contributed by atoms with Gasteiger partial charge >= 0.3 is 0 Å². The Labute approximate surface area is 229 Å². The van der Waals surface area contributed by atoms with E-state index < -0.39 is 0 Å². The number of hydrogen-bond donors (Lipinski definition) is 0. The molecule has 0 aliphatic carbocycles. The van der Waals surface area contributed by atoms with Crippen molar-refractivity contribution in [3.8, 4) is 39.8 Å². The number of para-hydroxylation sites is 2. The van der Waals surface area contributed by atoms with Crippen LogP contribution in [-0.2, 0) is 0 Å². The average molecular weight is 512 g/mol. The lowest BCUT2D eigenvalue weighted by Gasteiger charge is -2.23. The summed E-state index contributed by atoms with van der Waals surface area (Å²) in [6.07, 6.45) is 0. The third-order valence-electron chi connectivity index (χ3n) is 7.99. The summed E-state index contributed by atoms with van der Waals surface area (Å²) in [5.41, 5.74) is 7.23. The van der Waals surface area contributed by atoms with E-state index in [0.29, 0.717) is 5.95 Å². The van der Waals surface area contributed by atoms with E-state index in [-0.39, 0.29) is 0 Å². The van der Waals surface area contributed by atoms with Gasteiger partial charge < -0.3 is 4.74 Å². The highest BCUT2D eigenvalue weighted by Gasteiger charge is 2.27. The normalized spacial score (nSPS) is 12.2. The van der Waals surface area contributed by atoms with Gasteiger partial charge in [0.05, 0.1) is 27.8 Å². The van der Waals surface area contributed by atoms with Crippen molar-refractivity contribution in [3.63, 3.8) is 0 Å². The lowest BCUT2D eigenvalue weighted by Crippen LogP contribution is -2.05. The molecule has 40 heavy (non-hydrogen) atoms. The summed E-state index contributed by atoms with van der Waals surface area (Å²) in [5, 5.41) is 5.62. The largest absolute Gasteiger partial charge is 0.456 e. The number of ether oxygens (including phenoxy) is 1. The number of nitrogens with zero attached hydrogens (tertiary/aromatic N) is 3. The third kappa shape index (κ3) is 2.90. The zero-order valence-corrected chi connectivity index (χ0v) is 21.4. The van der Waals surface area contributed by atoms with E-state index in [1.807, 2.05) is 24.3 Å². The topological polar surface area (TPSA) is 39.9 Å². The highest BCUT2D eigenvalue weighted by atomic mass is 16.5. The first kappa shape index (κ1) is 21.5. The van der Waals surface area contributed by atoms with Crippen molar-refractivity contribution in [1.82, 2.24) is 14.5 Å². The van der Waals surface area contributed by atoms with Crippen molar-refractivity contribution in [2.24, 2.45) is 0 Å². The minimum Gasteiger partial charge on any atom is -0.456 e. The summed E-state index contributed by atoms with van der Waals surface area (Å²) in [6.45, 7) is 0. The predicted octanol–water partition coefficient (Wildman–Crippen LogP) is 9.32. The third-order valence-corrected chi connectivity index (χ3v) is 7.99. The summed E-state index contributed by atoms with van der Waals surface area (Å²) in [6, 6.07) is 44.1. The SMILES string of the molecule is c1ccc(-c2nc(-n3c4ccccc4c4ccc5c(c43)-c3cccc4cccc(c34)O5)nc3ccccc23)cc1. The van der Waals surface area contributed by atoms with Crippen molar-refractivity contribution in [1.29, 1.82) is 0 Å². The van der Waals surface area contributed by atoms with E-state index in [1.54, 1.807) is 0 Å². The summed E-state index contributed by atoms with van der Waals surface area (Å²) in [7, 11) is 0. The number of fused-ring (bicyclic) bond motifs is 7. The first-order valence-corrected chi connectivity index (χ1v) is 13.4. The molecule has 0 unspecified atom stereocenters. The molecule has 1 aliphatic heterocycles. The van der Waals surface area contributed by atoms with Crippen LogP contribution in [0.15, 0.2) is 127 Å². The zero-order chi connectivity index (χ0) is 26.2. The monoisotopic (exact) mass is 511 g/mol. The van der Waals surface area contributed by atoms with Gasteiger partial charge in [-0.25, -0.2) is 9.97 Å². The van der Waals surface area contributed by atoms with Crippen LogP contribution in [0.5, 0.6) is 11.5 Å². The summed E-state index contributed by atoms with van der Waals surface area (Å²) < 4.78 is 8.77. The second-order valence-corrected chi connectivity index (χ2v) is 10.2. The number of rotatable bonds is 2. The standard InChI is InChI=1S/C36H21N3O/c1-2-10-23(11-3-1)34-26-15-4-6-17-28(26)37-36(38-34)39-29-18-7-5-14-24(29)25-20-21-31-33(35(25)39)27-16-8-12-22-13-9-19-30(40-31)32(22)27/h1-21H. The molecular formula is C36H21N3O. The minimum atomic E-state index is 0.642. The molecule has 0 saturated heterocycles. The van der Waals surface area contributed by atoms with Gasteiger partial charge in [-0.15, -0.1) is 0 Å². The fraction of sp³-hybridized carbons (Fsp3) is 0. The Hall–Kier alpha value is -5.48. The Morgan fingerprint density at radius 1 is 0.550 bits per heavy atom. The van der Waals surface area contributed by atoms with Gasteiger partial charge in [0.1, 0.15) is 11.5 Å². The van der Waals surface area contributed by atoms with Gasteiger partial charge in [0, 0.05) is 27.1 Å². The van der Waals surface area contributed by atoms with Crippen molar-refractivity contribution >= 4 is 43.5 Å². The van der Waals surface area contributed by atoms with E-state index in [1.165, 1.54) is 0 Å². The maximum Gasteiger partial charge on any atom is 0.235 e. The van der Waals surface area contributed by atoms with Gasteiger partial charge in [0.15, 0.2) is 0 Å². The second-order valence-electron chi connectivity index (χ2n) is 10.2. The van der Waals surface area contributed by atoms with Gasteiger partial charge in [0.25, 0.3) is 0 Å². The zero-order valence-electron chi connectivity index (χ0n) is 21.4. The molecule has 0 amide bonds. The predicted molar refractivity (Wildman–Crippen MR) is 162 cm³/mol. The van der Waals surface area contributed by atoms with Crippen LogP contribution in [0.25, 0.3) is 71.8 Å². The maximum atomic E-state index is 6.55. The fourth-order valence-electron chi connectivity index (χ4n) is 6.29. The maximum absolute atomic E-state index is 6.55. The van der Waals surface area contributed by atoms with Crippen molar-refractivity contribution in [2.45, 2.75) is 0 Å². The van der Waals surface area contributed by atoms with Crippen molar-refractivity contribution < 1.29 is 4.74 Å². The molecule has 0 N–H and O–H groups in total. The molecular weight excluding hydrogens is 490 g/mol. The molecule has 6 aromatic carbocycles. The van der Waals surface area contributed by atoms with Crippen LogP contribution in [0.2, 0.25) is 0 Å². The summed E-state index contributed by atoms with van der Waals surface area (Å²) >= 11 is 0. The summed E-state index contributed by atoms with van der Waals surface area (Å²) in [4.78, 5) is 10.4. The molecule has 0 bridgehead atoms. The molecule has 4 nitrogen and oxygen atoms in total. The van der Waals surface area contributed by atoms with Crippen LogP contribution in [0.3, 0.4) is 0 Å². The summed E-state index contributed by atoms with van der Waals surface area (Å²) in [5.74, 6) is 2.37. The number of hydrogen-bond acceptors (Lipinski definition) is 3. The van der Waals surface area contributed by atoms with Gasteiger partial charge in [0.2, 0.25) is 5.95 Å². The van der Waals surface area contributed by atoms with Gasteiger partial charge in [-0.2, -0.15) is 0 Å². The van der Waals surface area contributed by atoms with Gasteiger partial charge in [-0.3, -0.25) is 4.57 Å².